The Kier molecular flexibility index (Phi) is 2.22. The SMILES string of the molecule is Cn1cnc2cc(C(O)C3(C(=O)O)CC3)ccc21. The van der Waals surface area contributed by atoms with Crippen molar-refractivity contribution in [2.45, 2.75) is 18.9 Å². The Morgan fingerprint density at radius 1 is 1.50 bits per heavy atom. The summed E-state index contributed by atoms with van der Waals surface area (Å²) in [6.07, 6.45) is 1.81. The fraction of sp³-hybridized carbons (Fsp3) is 0.385. The van der Waals surface area contributed by atoms with Gasteiger partial charge in [0.15, 0.2) is 0 Å². The largest absolute Gasteiger partial charge is 0.481 e. The quantitative estimate of drug-likeness (QED) is 0.860. The van der Waals surface area contributed by atoms with Crippen molar-refractivity contribution in [3.63, 3.8) is 0 Å². The lowest BCUT2D eigenvalue weighted by Gasteiger charge is -2.18. The number of carbonyl (C=O) groups is 1. The summed E-state index contributed by atoms with van der Waals surface area (Å²) in [6, 6.07) is 5.40. The van der Waals surface area contributed by atoms with Crippen LogP contribution in [0.5, 0.6) is 0 Å². The van der Waals surface area contributed by atoms with Crippen molar-refractivity contribution < 1.29 is 15.0 Å². The average molecular weight is 246 g/mol. The molecule has 0 bridgehead atoms. The van der Waals surface area contributed by atoms with E-state index >= 15 is 0 Å². The van der Waals surface area contributed by atoms with Crippen LogP contribution < -0.4 is 0 Å². The van der Waals surface area contributed by atoms with E-state index < -0.39 is 17.5 Å². The number of hydrogen-bond acceptors (Lipinski definition) is 3. The number of imidazole rings is 1. The highest BCUT2D eigenvalue weighted by atomic mass is 16.4. The smallest absolute Gasteiger partial charge is 0.312 e. The third-order valence-corrected chi connectivity index (χ3v) is 3.80. The Morgan fingerprint density at radius 2 is 2.22 bits per heavy atom. The summed E-state index contributed by atoms with van der Waals surface area (Å²) in [7, 11) is 1.89. The van der Waals surface area contributed by atoms with Crippen LogP contribution in [0.4, 0.5) is 0 Å². The number of aliphatic hydroxyl groups excluding tert-OH is 1. The highest BCUT2D eigenvalue weighted by Gasteiger charge is 2.56. The first kappa shape index (κ1) is 11.2. The molecule has 1 heterocycles. The molecule has 1 aromatic heterocycles. The van der Waals surface area contributed by atoms with Crippen molar-refractivity contribution in [1.82, 2.24) is 9.55 Å². The van der Waals surface area contributed by atoms with Crippen LogP contribution in [0, 0.1) is 5.41 Å². The normalized spacial score (nSPS) is 18.8. The second kappa shape index (κ2) is 3.55. The van der Waals surface area contributed by atoms with Crippen molar-refractivity contribution in [3.05, 3.63) is 30.1 Å². The Balaban J connectivity index is 2.02. The minimum atomic E-state index is -0.984. The van der Waals surface area contributed by atoms with Gasteiger partial charge in [-0.2, -0.15) is 0 Å². The van der Waals surface area contributed by atoms with Crippen LogP contribution in [-0.4, -0.2) is 25.7 Å². The Morgan fingerprint density at radius 3 is 2.83 bits per heavy atom. The molecule has 1 aromatic carbocycles. The number of aliphatic hydroxyl groups is 1. The molecular weight excluding hydrogens is 232 g/mol. The molecule has 1 fully saturated rings. The van der Waals surface area contributed by atoms with Crippen molar-refractivity contribution in [3.8, 4) is 0 Å². The van der Waals surface area contributed by atoms with Crippen molar-refractivity contribution in [2.24, 2.45) is 12.5 Å². The van der Waals surface area contributed by atoms with Gasteiger partial charge in [0.1, 0.15) is 0 Å². The molecule has 2 N–H and O–H groups in total. The predicted molar refractivity (Wildman–Crippen MR) is 65.0 cm³/mol. The first-order chi connectivity index (χ1) is 8.54. The van der Waals surface area contributed by atoms with Gasteiger partial charge in [0, 0.05) is 7.05 Å². The van der Waals surface area contributed by atoms with Crippen LogP contribution in [0.25, 0.3) is 11.0 Å². The molecule has 94 valence electrons. The third-order valence-electron chi connectivity index (χ3n) is 3.80. The maximum Gasteiger partial charge on any atom is 0.312 e. The van der Waals surface area contributed by atoms with Crippen molar-refractivity contribution >= 4 is 17.0 Å². The van der Waals surface area contributed by atoms with E-state index in [-0.39, 0.29) is 0 Å². The second-order valence-corrected chi connectivity index (χ2v) is 4.97. The maximum absolute atomic E-state index is 11.2. The number of hydrogen-bond donors (Lipinski definition) is 2. The highest BCUT2D eigenvalue weighted by Crippen LogP contribution is 2.55. The van der Waals surface area contributed by atoms with E-state index in [4.69, 9.17) is 0 Å². The molecule has 18 heavy (non-hydrogen) atoms. The van der Waals surface area contributed by atoms with Gasteiger partial charge in [0.25, 0.3) is 0 Å². The van der Waals surface area contributed by atoms with Gasteiger partial charge in [-0.15, -0.1) is 0 Å². The Hall–Kier alpha value is -1.88. The zero-order chi connectivity index (χ0) is 12.9. The summed E-state index contributed by atoms with van der Waals surface area (Å²) in [6.45, 7) is 0. The molecule has 1 unspecified atom stereocenters. The van der Waals surface area contributed by atoms with E-state index in [9.17, 15) is 15.0 Å². The number of fused-ring (bicyclic) bond motifs is 1. The molecular formula is C13H14N2O3. The van der Waals surface area contributed by atoms with E-state index in [0.717, 1.165) is 11.0 Å². The highest BCUT2D eigenvalue weighted by molar-refractivity contribution is 5.80. The van der Waals surface area contributed by atoms with E-state index in [1.165, 1.54) is 0 Å². The molecule has 0 radical (unpaired) electrons. The number of aromatic nitrogens is 2. The van der Waals surface area contributed by atoms with E-state index in [1.807, 2.05) is 17.7 Å². The van der Waals surface area contributed by atoms with Crippen LogP contribution in [0.3, 0.4) is 0 Å². The molecule has 0 aliphatic heterocycles. The Labute approximate surface area is 104 Å². The number of carboxylic acids is 1. The third kappa shape index (κ3) is 1.44. The minimum absolute atomic E-state index is 0.532. The molecule has 5 heteroatoms. The first-order valence-electron chi connectivity index (χ1n) is 5.87. The lowest BCUT2D eigenvalue weighted by Crippen LogP contribution is -2.23. The number of nitrogens with zero attached hydrogens (tertiary/aromatic N) is 2. The second-order valence-electron chi connectivity index (χ2n) is 4.97. The van der Waals surface area contributed by atoms with Gasteiger partial charge in [-0.3, -0.25) is 4.79 Å². The topological polar surface area (TPSA) is 75.3 Å². The number of aryl methyl sites for hydroxylation is 1. The number of benzene rings is 1. The van der Waals surface area contributed by atoms with Gasteiger partial charge in [0.05, 0.1) is 28.9 Å². The number of carboxylic acid groups (broad SMARTS) is 1. The van der Waals surface area contributed by atoms with Gasteiger partial charge < -0.3 is 14.8 Å². The molecule has 1 saturated carbocycles. The molecule has 1 aliphatic rings. The molecule has 3 rings (SSSR count). The molecule has 5 nitrogen and oxygen atoms in total. The van der Waals surface area contributed by atoms with Crippen LogP contribution in [-0.2, 0) is 11.8 Å². The van der Waals surface area contributed by atoms with Crippen LogP contribution in [0.15, 0.2) is 24.5 Å². The minimum Gasteiger partial charge on any atom is -0.481 e. The van der Waals surface area contributed by atoms with E-state index in [1.54, 1.807) is 18.5 Å². The van der Waals surface area contributed by atoms with Gasteiger partial charge in [-0.05, 0) is 30.5 Å². The maximum atomic E-state index is 11.2. The lowest BCUT2D eigenvalue weighted by molar-refractivity contribution is -0.148. The monoisotopic (exact) mass is 246 g/mol. The molecule has 1 aliphatic carbocycles. The van der Waals surface area contributed by atoms with Crippen LogP contribution in [0.2, 0.25) is 0 Å². The van der Waals surface area contributed by atoms with Gasteiger partial charge in [-0.25, -0.2) is 4.98 Å². The van der Waals surface area contributed by atoms with E-state index in [2.05, 4.69) is 4.98 Å². The molecule has 0 spiro atoms. The van der Waals surface area contributed by atoms with Crippen molar-refractivity contribution in [1.29, 1.82) is 0 Å². The fourth-order valence-electron chi connectivity index (χ4n) is 2.38. The summed E-state index contributed by atoms with van der Waals surface area (Å²) in [5.41, 5.74) is 1.38. The summed E-state index contributed by atoms with van der Waals surface area (Å²) in [5, 5.41) is 19.4. The average Bonchev–Trinajstić information content (AvgIpc) is 3.09. The molecule has 0 amide bonds. The van der Waals surface area contributed by atoms with Crippen LogP contribution in [0.1, 0.15) is 24.5 Å². The zero-order valence-electron chi connectivity index (χ0n) is 10.00. The van der Waals surface area contributed by atoms with Gasteiger partial charge >= 0.3 is 5.97 Å². The van der Waals surface area contributed by atoms with Gasteiger partial charge in [-0.1, -0.05) is 6.07 Å². The molecule has 2 aromatic rings. The fourth-order valence-corrected chi connectivity index (χ4v) is 2.38. The van der Waals surface area contributed by atoms with Crippen molar-refractivity contribution in [2.75, 3.05) is 0 Å². The van der Waals surface area contributed by atoms with Crippen LogP contribution >= 0.6 is 0 Å². The Bertz CT molecular complexity index is 628. The van der Waals surface area contributed by atoms with Gasteiger partial charge in [0.2, 0.25) is 0 Å². The number of aliphatic carboxylic acids is 1. The first-order valence-corrected chi connectivity index (χ1v) is 5.87. The van der Waals surface area contributed by atoms with E-state index in [0.29, 0.717) is 18.4 Å². The zero-order valence-corrected chi connectivity index (χ0v) is 10.00. The summed E-state index contributed by atoms with van der Waals surface area (Å²) >= 11 is 0. The summed E-state index contributed by atoms with van der Waals surface area (Å²) in [4.78, 5) is 15.4. The lowest BCUT2D eigenvalue weighted by atomic mass is 9.93. The number of rotatable bonds is 3. The predicted octanol–water partition coefficient (Wildman–Crippen LogP) is 1.47. The molecule has 1 atom stereocenters. The standard InChI is InChI=1S/C13H14N2O3/c1-15-7-14-9-6-8(2-3-10(9)15)11(16)13(4-5-13)12(17)18/h2-3,6-7,11,16H,4-5H2,1H3,(H,17,18). The summed E-state index contributed by atoms with van der Waals surface area (Å²) in [5.74, 6) is -0.920. The molecule has 0 saturated heterocycles. The summed E-state index contributed by atoms with van der Waals surface area (Å²) < 4.78 is 1.88.